The Bertz CT molecular complexity index is 530. The van der Waals surface area contributed by atoms with Gasteiger partial charge in [0, 0.05) is 11.6 Å². The Hall–Kier alpha value is -1.88. The van der Waals surface area contributed by atoms with Crippen LogP contribution in [0.25, 0.3) is 0 Å². The summed E-state index contributed by atoms with van der Waals surface area (Å²) in [6, 6.07) is 2.72. The number of fused-ring (bicyclic) bond motifs is 1. The van der Waals surface area contributed by atoms with Gasteiger partial charge < -0.3 is 16.1 Å². The van der Waals surface area contributed by atoms with Crippen molar-refractivity contribution in [3.63, 3.8) is 0 Å². The molecule has 1 heterocycles. The lowest BCUT2D eigenvalue weighted by Gasteiger charge is -2.12. The number of hydrogen-bond acceptors (Lipinski definition) is 4. The maximum atomic E-state index is 11.5. The Morgan fingerprint density at radius 3 is 2.60 bits per heavy atom. The number of hydrogen-bond donors (Lipinski definition) is 3. The second-order valence-corrected chi connectivity index (χ2v) is 2.95. The normalized spacial score (nSPS) is 14.0. The van der Waals surface area contributed by atoms with Crippen molar-refractivity contribution in [2.24, 2.45) is 5.73 Å². The van der Waals surface area contributed by atoms with Gasteiger partial charge in [-0.05, 0) is 12.1 Å². The van der Waals surface area contributed by atoms with E-state index in [9.17, 15) is 9.59 Å². The average molecular weight is 226 g/mol. The van der Waals surface area contributed by atoms with Crippen LogP contribution in [-0.2, 0) is 0 Å². The highest BCUT2D eigenvalue weighted by atomic mass is 35.5. The van der Waals surface area contributed by atoms with Crippen LogP contribution in [0.15, 0.2) is 28.7 Å². The Balaban J connectivity index is 0.00000112. The van der Waals surface area contributed by atoms with Gasteiger partial charge in [0.15, 0.2) is 0 Å². The molecule has 0 saturated carbocycles. The molecule has 5 nitrogen and oxygen atoms in total. The number of rotatable bonds is 0. The number of carbonyl (C=O) groups is 1. The van der Waals surface area contributed by atoms with Crippen molar-refractivity contribution in [2.75, 3.05) is 0 Å². The predicted octanol–water partition coefficient (Wildman–Crippen LogP) is 0.203. The van der Waals surface area contributed by atoms with Crippen LogP contribution in [0.4, 0.5) is 0 Å². The summed E-state index contributed by atoms with van der Waals surface area (Å²) in [6.07, 6.45) is 1.28. The third-order valence-corrected chi connectivity index (χ3v) is 2.00. The van der Waals surface area contributed by atoms with E-state index in [0.717, 1.165) is 0 Å². The van der Waals surface area contributed by atoms with Crippen molar-refractivity contribution in [3.8, 4) is 0 Å². The fourth-order valence-electron chi connectivity index (χ4n) is 1.32. The molecule has 0 unspecified atom stereocenters. The number of pyridine rings is 1. The molecule has 1 aliphatic rings. The summed E-state index contributed by atoms with van der Waals surface area (Å²) < 4.78 is 0. The van der Waals surface area contributed by atoms with Crippen molar-refractivity contribution in [1.29, 1.82) is 5.41 Å². The molecule has 2 rings (SSSR count). The standard InChI is InChI=1S/C9H7N3O2.ClH/c10-5-3-6(11)9(14)8-4(5)1-2-7(13)12-8;/h1-3,10H,11H2,(H,12,13);1H. The molecule has 0 atom stereocenters. The minimum Gasteiger partial charge on any atom is -0.395 e. The number of H-pyrrole nitrogens is 1. The van der Waals surface area contributed by atoms with E-state index in [1.807, 2.05) is 0 Å². The molecule has 1 aliphatic carbocycles. The van der Waals surface area contributed by atoms with Crippen LogP contribution in [0.1, 0.15) is 16.1 Å². The molecule has 0 amide bonds. The zero-order chi connectivity index (χ0) is 10.3. The van der Waals surface area contributed by atoms with Crippen LogP contribution < -0.4 is 11.3 Å². The Morgan fingerprint density at radius 1 is 1.27 bits per heavy atom. The van der Waals surface area contributed by atoms with E-state index >= 15 is 0 Å². The highest BCUT2D eigenvalue weighted by Crippen LogP contribution is 2.14. The summed E-state index contributed by atoms with van der Waals surface area (Å²) in [5.74, 6) is -0.436. The van der Waals surface area contributed by atoms with Crippen LogP contribution in [0.5, 0.6) is 0 Å². The van der Waals surface area contributed by atoms with Gasteiger partial charge in [-0.3, -0.25) is 9.59 Å². The minimum atomic E-state index is -0.436. The monoisotopic (exact) mass is 225 g/mol. The number of nitrogens with two attached hydrogens (primary N) is 1. The number of carbonyl (C=O) groups excluding carboxylic acids is 1. The van der Waals surface area contributed by atoms with Crippen LogP contribution in [0.3, 0.4) is 0 Å². The third kappa shape index (κ3) is 1.69. The molecular formula is C9H8ClN3O2. The molecule has 0 bridgehead atoms. The summed E-state index contributed by atoms with van der Waals surface area (Å²) in [6.45, 7) is 0. The van der Waals surface area contributed by atoms with Crippen molar-refractivity contribution in [1.82, 2.24) is 4.98 Å². The molecule has 0 aliphatic heterocycles. The summed E-state index contributed by atoms with van der Waals surface area (Å²) in [4.78, 5) is 24.8. The van der Waals surface area contributed by atoms with E-state index in [0.29, 0.717) is 5.56 Å². The second kappa shape index (κ2) is 3.70. The van der Waals surface area contributed by atoms with E-state index in [1.54, 1.807) is 0 Å². The van der Waals surface area contributed by atoms with Gasteiger partial charge in [-0.15, -0.1) is 12.4 Å². The number of aromatic nitrogens is 1. The van der Waals surface area contributed by atoms with Gasteiger partial charge in [0.1, 0.15) is 5.69 Å². The SMILES string of the molecule is Cl.N=C1C=C(N)C(=O)c2[nH]c(=O)ccc21. The summed E-state index contributed by atoms with van der Waals surface area (Å²) in [7, 11) is 0. The largest absolute Gasteiger partial charge is 0.395 e. The van der Waals surface area contributed by atoms with E-state index in [-0.39, 0.29) is 35.1 Å². The molecule has 15 heavy (non-hydrogen) atoms. The predicted molar refractivity (Wildman–Crippen MR) is 57.7 cm³/mol. The minimum absolute atomic E-state index is 0. The first-order valence-corrected chi connectivity index (χ1v) is 3.93. The number of ketones is 1. The first-order valence-electron chi connectivity index (χ1n) is 3.93. The highest BCUT2D eigenvalue weighted by Gasteiger charge is 2.22. The third-order valence-electron chi connectivity index (χ3n) is 2.00. The maximum absolute atomic E-state index is 11.5. The van der Waals surface area contributed by atoms with Crippen molar-refractivity contribution in [3.05, 3.63) is 45.5 Å². The molecule has 78 valence electrons. The van der Waals surface area contributed by atoms with Crippen molar-refractivity contribution in [2.45, 2.75) is 0 Å². The first-order chi connectivity index (χ1) is 6.59. The molecule has 0 fully saturated rings. The van der Waals surface area contributed by atoms with Crippen LogP contribution in [0.2, 0.25) is 0 Å². The Morgan fingerprint density at radius 2 is 1.93 bits per heavy atom. The van der Waals surface area contributed by atoms with Gasteiger partial charge in [0.05, 0.1) is 11.4 Å². The maximum Gasteiger partial charge on any atom is 0.248 e. The van der Waals surface area contributed by atoms with Gasteiger partial charge in [0.25, 0.3) is 0 Å². The zero-order valence-electron chi connectivity index (χ0n) is 7.53. The zero-order valence-corrected chi connectivity index (χ0v) is 8.35. The smallest absolute Gasteiger partial charge is 0.248 e. The summed E-state index contributed by atoms with van der Waals surface area (Å²) in [5, 5.41) is 7.53. The van der Waals surface area contributed by atoms with E-state index in [2.05, 4.69) is 4.98 Å². The van der Waals surface area contributed by atoms with Gasteiger partial charge in [-0.25, -0.2) is 0 Å². The number of aromatic amines is 1. The molecule has 0 saturated heterocycles. The Kier molecular flexibility index (Phi) is 2.76. The lowest BCUT2D eigenvalue weighted by Crippen LogP contribution is -2.26. The van der Waals surface area contributed by atoms with E-state index in [1.165, 1.54) is 18.2 Å². The van der Waals surface area contributed by atoms with Gasteiger partial charge in [-0.2, -0.15) is 0 Å². The quantitative estimate of drug-likeness (QED) is 0.588. The lowest BCUT2D eigenvalue weighted by atomic mass is 9.97. The number of nitrogens with one attached hydrogen (secondary N) is 2. The van der Waals surface area contributed by atoms with E-state index in [4.69, 9.17) is 11.1 Å². The molecule has 0 radical (unpaired) electrons. The molecular weight excluding hydrogens is 218 g/mol. The Labute approximate surface area is 90.9 Å². The molecule has 1 aromatic heterocycles. The summed E-state index contributed by atoms with van der Waals surface area (Å²) >= 11 is 0. The van der Waals surface area contributed by atoms with Gasteiger partial charge in [0.2, 0.25) is 11.3 Å². The second-order valence-electron chi connectivity index (χ2n) is 2.95. The summed E-state index contributed by atoms with van der Waals surface area (Å²) in [5.41, 5.74) is 5.62. The number of halogens is 1. The molecule has 1 aromatic rings. The van der Waals surface area contributed by atoms with Crippen LogP contribution >= 0.6 is 12.4 Å². The fraction of sp³-hybridized carbons (Fsp3) is 0. The van der Waals surface area contributed by atoms with Gasteiger partial charge in [-0.1, -0.05) is 0 Å². The first kappa shape index (κ1) is 11.2. The van der Waals surface area contributed by atoms with Crippen molar-refractivity contribution < 1.29 is 4.79 Å². The molecule has 6 heteroatoms. The molecule has 0 aromatic carbocycles. The molecule has 4 N–H and O–H groups in total. The average Bonchev–Trinajstić information content (AvgIpc) is 2.14. The topological polar surface area (TPSA) is 99.8 Å². The van der Waals surface area contributed by atoms with Crippen LogP contribution in [-0.4, -0.2) is 16.5 Å². The molecule has 0 spiro atoms. The highest BCUT2D eigenvalue weighted by molar-refractivity contribution is 6.23. The fourth-order valence-corrected chi connectivity index (χ4v) is 1.32. The van der Waals surface area contributed by atoms with E-state index < -0.39 is 5.78 Å². The van der Waals surface area contributed by atoms with Crippen molar-refractivity contribution >= 4 is 23.9 Å². The van der Waals surface area contributed by atoms with Gasteiger partial charge >= 0.3 is 0 Å². The lowest BCUT2D eigenvalue weighted by molar-refractivity contribution is 0.102. The van der Waals surface area contributed by atoms with Crippen LogP contribution in [0, 0.1) is 5.41 Å². The number of Topliss-reactive ketones (excluding diaryl/α,β-unsaturated/α-hetero) is 1. The number of allylic oxidation sites excluding steroid dienone is 2.